The summed E-state index contributed by atoms with van der Waals surface area (Å²) in [5, 5.41) is 0.943. The van der Waals surface area contributed by atoms with E-state index >= 15 is 0 Å². The number of hydrogen-bond donors (Lipinski definition) is 0. The van der Waals surface area contributed by atoms with Crippen LogP contribution < -0.4 is 9.64 Å². The minimum Gasteiger partial charge on any atom is -0.492 e. The van der Waals surface area contributed by atoms with E-state index < -0.39 is 12.1 Å². The van der Waals surface area contributed by atoms with Crippen molar-refractivity contribution >= 4 is 38.7 Å². The summed E-state index contributed by atoms with van der Waals surface area (Å²) in [6, 6.07) is 15.6. The van der Waals surface area contributed by atoms with Gasteiger partial charge in [0, 0.05) is 13.6 Å². The lowest BCUT2D eigenvalue weighted by atomic mass is 10.2. The highest BCUT2D eigenvalue weighted by Gasteiger charge is 2.20. The fourth-order valence-corrected chi connectivity index (χ4v) is 4.20. The molecule has 1 amide bonds. The number of para-hydroxylation sites is 1. The number of carbonyl (C=O) groups excluding carboxylic acids is 2. The van der Waals surface area contributed by atoms with E-state index in [1.54, 1.807) is 18.3 Å². The first-order valence-corrected chi connectivity index (χ1v) is 12.5. The molecule has 188 valence electrons. The van der Waals surface area contributed by atoms with Crippen LogP contribution in [-0.2, 0) is 20.8 Å². The Morgan fingerprint density at radius 3 is 2.63 bits per heavy atom. The number of esters is 1. The maximum absolute atomic E-state index is 12.6. The smallest absolute Gasteiger partial charge is 0.410 e. The van der Waals surface area contributed by atoms with Crippen LogP contribution in [0.4, 0.5) is 9.93 Å². The van der Waals surface area contributed by atoms with Crippen LogP contribution in [0.5, 0.6) is 5.75 Å². The van der Waals surface area contributed by atoms with Gasteiger partial charge in [-0.05, 0) is 42.7 Å². The highest BCUT2D eigenvalue weighted by Crippen LogP contribution is 2.27. The zero-order chi connectivity index (χ0) is 25.2. The first kappa shape index (κ1) is 26.3. The molecular formula is C26H33N3O5S. The molecule has 0 spiro atoms. The summed E-state index contributed by atoms with van der Waals surface area (Å²) in [5.74, 6) is 0.409. The fourth-order valence-electron chi connectivity index (χ4n) is 3.25. The summed E-state index contributed by atoms with van der Waals surface area (Å²) < 4.78 is 17.5. The Labute approximate surface area is 210 Å². The van der Waals surface area contributed by atoms with Crippen molar-refractivity contribution in [2.45, 2.75) is 27.3 Å². The van der Waals surface area contributed by atoms with Crippen LogP contribution in [-0.4, -0.2) is 61.9 Å². The lowest BCUT2D eigenvalue weighted by Crippen LogP contribution is -2.37. The SMILES string of the molecule is CCOC(=O)CN(Cc1cccc(OCCN(C)c2nc3ccccc3s2)c1)C(=O)OCC(C)C. The minimum absolute atomic E-state index is 0.178. The Balaban J connectivity index is 1.58. The second kappa shape index (κ2) is 12.9. The molecule has 9 heteroatoms. The van der Waals surface area contributed by atoms with Gasteiger partial charge in [0.25, 0.3) is 0 Å². The third kappa shape index (κ3) is 8.13. The number of ether oxygens (including phenoxy) is 3. The molecule has 1 aromatic heterocycles. The van der Waals surface area contributed by atoms with Gasteiger partial charge >= 0.3 is 12.1 Å². The van der Waals surface area contributed by atoms with Crippen molar-refractivity contribution < 1.29 is 23.8 Å². The maximum Gasteiger partial charge on any atom is 0.410 e. The van der Waals surface area contributed by atoms with Crippen molar-refractivity contribution in [2.75, 3.05) is 44.9 Å². The molecule has 0 fully saturated rings. The van der Waals surface area contributed by atoms with Crippen LogP contribution in [0.15, 0.2) is 48.5 Å². The fraction of sp³-hybridized carbons (Fsp3) is 0.423. The Kier molecular flexibility index (Phi) is 9.72. The van der Waals surface area contributed by atoms with E-state index in [9.17, 15) is 9.59 Å². The molecule has 0 atom stereocenters. The van der Waals surface area contributed by atoms with Crippen molar-refractivity contribution in [3.63, 3.8) is 0 Å². The molecule has 0 unspecified atom stereocenters. The van der Waals surface area contributed by atoms with Gasteiger partial charge in [0.05, 0.1) is 30.0 Å². The predicted octanol–water partition coefficient (Wildman–Crippen LogP) is 4.97. The average molecular weight is 500 g/mol. The molecule has 35 heavy (non-hydrogen) atoms. The Bertz CT molecular complexity index is 1080. The summed E-state index contributed by atoms with van der Waals surface area (Å²) in [7, 11) is 1.99. The van der Waals surface area contributed by atoms with E-state index in [2.05, 4.69) is 16.0 Å². The first-order valence-electron chi connectivity index (χ1n) is 11.7. The third-order valence-electron chi connectivity index (χ3n) is 5.00. The van der Waals surface area contributed by atoms with Gasteiger partial charge in [-0.15, -0.1) is 0 Å². The Morgan fingerprint density at radius 2 is 1.89 bits per heavy atom. The topological polar surface area (TPSA) is 81.2 Å². The molecule has 0 aliphatic carbocycles. The molecule has 0 bridgehead atoms. The van der Waals surface area contributed by atoms with Gasteiger partial charge in [-0.25, -0.2) is 9.78 Å². The van der Waals surface area contributed by atoms with E-state index in [-0.39, 0.29) is 32.2 Å². The number of anilines is 1. The predicted molar refractivity (Wildman–Crippen MR) is 138 cm³/mol. The van der Waals surface area contributed by atoms with E-state index in [0.29, 0.717) is 18.9 Å². The quantitative estimate of drug-likeness (QED) is 0.326. The van der Waals surface area contributed by atoms with Gasteiger partial charge in [0.2, 0.25) is 0 Å². The number of aromatic nitrogens is 1. The molecule has 3 aromatic rings. The zero-order valence-electron chi connectivity index (χ0n) is 20.7. The lowest BCUT2D eigenvalue weighted by molar-refractivity contribution is -0.144. The van der Waals surface area contributed by atoms with Crippen molar-refractivity contribution in [1.82, 2.24) is 9.88 Å². The number of amides is 1. The molecule has 0 aliphatic heterocycles. The van der Waals surface area contributed by atoms with E-state index in [0.717, 1.165) is 20.9 Å². The number of fused-ring (bicyclic) bond motifs is 1. The van der Waals surface area contributed by atoms with Crippen LogP contribution in [0.25, 0.3) is 10.2 Å². The number of carbonyl (C=O) groups is 2. The van der Waals surface area contributed by atoms with Gasteiger partial charge in [0.1, 0.15) is 18.9 Å². The number of rotatable bonds is 12. The molecule has 1 heterocycles. The third-order valence-corrected chi connectivity index (χ3v) is 6.15. The van der Waals surface area contributed by atoms with Gasteiger partial charge in [-0.2, -0.15) is 0 Å². The first-order chi connectivity index (χ1) is 16.9. The number of benzene rings is 2. The van der Waals surface area contributed by atoms with Crippen LogP contribution in [0.2, 0.25) is 0 Å². The molecule has 2 aromatic carbocycles. The second-order valence-corrected chi connectivity index (χ2v) is 9.52. The Hall–Kier alpha value is -3.33. The molecule has 0 radical (unpaired) electrons. The summed E-state index contributed by atoms with van der Waals surface area (Å²) in [6.45, 7) is 7.34. The molecule has 3 rings (SSSR count). The average Bonchev–Trinajstić information content (AvgIpc) is 3.27. The normalized spacial score (nSPS) is 10.9. The Morgan fingerprint density at radius 1 is 1.09 bits per heavy atom. The summed E-state index contributed by atoms with van der Waals surface area (Å²) in [4.78, 5) is 32.7. The summed E-state index contributed by atoms with van der Waals surface area (Å²) in [6.07, 6.45) is -0.546. The molecule has 0 saturated heterocycles. The van der Waals surface area contributed by atoms with E-state index in [1.807, 2.05) is 63.4 Å². The molecule has 8 nitrogen and oxygen atoms in total. The lowest BCUT2D eigenvalue weighted by Gasteiger charge is -2.22. The van der Waals surface area contributed by atoms with Crippen LogP contribution >= 0.6 is 11.3 Å². The minimum atomic E-state index is -0.546. The van der Waals surface area contributed by atoms with Gasteiger partial charge < -0.3 is 19.1 Å². The largest absolute Gasteiger partial charge is 0.492 e. The van der Waals surface area contributed by atoms with Crippen molar-refractivity contribution in [3.8, 4) is 5.75 Å². The second-order valence-electron chi connectivity index (χ2n) is 8.51. The van der Waals surface area contributed by atoms with Crippen LogP contribution in [0, 0.1) is 5.92 Å². The zero-order valence-corrected chi connectivity index (χ0v) is 21.5. The summed E-state index contributed by atoms with van der Waals surface area (Å²) >= 11 is 1.65. The maximum atomic E-state index is 12.6. The van der Waals surface area contributed by atoms with Gasteiger partial charge in [0.15, 0.2) is 5.13 Å². The number of hydrogen-bond acceptors (Lipinski definition) is 8. The van der Waals surface area contributed by atoms with Crippen LogP contribution in [0.3, 0.4) is 0 Å². The molecule has 0 aliphatic rings. The highest BCUT2D eigenvalue weighted by atomic mass is 32.1. The van der Waals surface area contributed by atoms with Crippen molar-refractivity contribution in [3.05, 3.63) is 54.1 Å². The summed E-state index contributed by atoms with van der Waals surface area (Å²) in [5.41, 5.74) is 1.82. The van der Waals surface area contributed by atoms with Crippen molar-refractivity contribution in [2.24, 2.45) is 5.92 Å². The number of nitrogens with zero attached hydrogens (tertiary/aromatic N) is 3. The monoisotopic (exact) mass is 499 g/mol. The van der Waals surface area contributed by atoms with Gasteiger partial charge in [-0.1, -0.05) is 49.4 Å². The molecule has 0 saturated carbocycles. The number of likely N-dealkylation sites (N-methyl/N-ethyl adjacent to an activating group) is 1. The number of thiazole rings is 1. The van der Waals surface area contributed by atoms with E-state index in [1.165, 1.54) is 4.90 Å². The standard InChI is InChI=1S/C26H33N3O5S/c1-5-32-24(30)17-29(26(31)34-18-19(2)3)16-20-9-8-10-21(15-20)33-14-13-28(4)25-27-22-11-6-7-12-23(22)35-25/h6-12,15,19H,5,13-14,16-18H2,1-4H3. The van der Waals surface area contributed by atoms with Crippen molar-refractivity contribution in [1.29, 1.82) is 0 Å². The van der Waals surface area contributed by atoms with Gasteiger partial charge in [-0.3, -0.25) is 9.69 Å². The molecule has 0 N–H and O–H groups in total. The molecular weight excluding hydrogens is 466 g/mol. The van der Waals surface area contributed by atoms with Crippen LogP contribution in [0.1, 0.15) is 26.3 Å². The highest BCUT2D eigenvalue weighted by molar-refractivity contribution is 7.22. The van der Waals surface area contributed by atoms with E-state index in [4.69, 9.17) is 14.2 Å².